The zero-order chi connectivity index (χ0) is 9.35. The van der Waals surface area contributed by atoms with Gasteiger partial charge in [0.15, 0.2) is 0 Å². The molecule has 5 nitrogen and oxygen atoms in total. The number of primary sulfonamides is 1. The van der Waals surface area contributed by atoms with E-state index in [0.29, 0.717) is 5.69 Å². The van der Waals surface area contributed by atoms with Crippen molar-refractivity contribution in [2.45, 2.75) is 11.8 Å². The highest BCUT2D eigenvalue weighted by molar-refractivity contribution is 7.89. The van der Waals surface area contributed by atoms with E-state index in [-0.39, 0.29) is 10.6 Å². The van der Waals surface area contributed by atoms with E-state index in [4.69, 9.17) is 10.9 Å². The topological polar surface area (TPSA) is 99.1 Å². The highest BCUT2D eigenvalue weighted by atomic mass is 32.2. The van der Waals surface area contributed by atoms with Crippen LogP contribution >= 0.6 is 0 Å². The summed E-state index contributed by atoms with van der Waals surface area (Å²) in [6, 6.07) is 1.29. The van der Waals surface area contributed by atoms with E-state index in [1.807, 2.05) is 0 Å². The Balaban J connectivity index is 3.43. The van der Waals surface area contributed by atoms with Crippen LogP contribution in [-0.4, -0.2) is 13.4 Å². The predicted molar refractivity (Wildman–Crippen MR) is 44.8 cm³/mol. The van der Waals surface area contributed by atoms with Gasteiger partial charge in [-0.1, -0.05) is 0 Å². The summed E-state index contributed by atoms with van der Waals surface area (Å²) in [6.07, 6.45) is 1.38. The molecule has 0 fully saturated rings. The summed E-state index contributed by atoms with van der Waals surface area (Å²) >= 11 is 0. The van der Waals surface area contributed by atoms with Crippen LogP contribution in [0.4, 0.5) is 5.69 Å². The van der Waals surface area contributed by atoms with Crippen LogP contribution in [0.25, 0.3) is 0 Å². The van der Waals surface area contributed by atoms with Crippen LogP contribution in [0.1, 0.15) is 5.69 Å². The molecule has 0 spiro atoms. The van der Waals surface area contributed by atoms with Crippen molar-refractivity contribution in [2.24, 2.45) is 5.14 Å². The fourth-order valence-electron chi connectivity index (χ4n) is 0.816. The summed E-state index contributed by atoms with van der Waals surface area (Å²) in [4.78, 5) is 3.74. The molecule has 0 atom stereocenters. The van der Waals surface area contributed by atoms with E-state index in [1.165, 1.54) is 12.3 Å². The van der Waals surface area contributed by atoms with E-state index >= 15 is 0 Å². The molecule has 0 amide bonds. The van der Waals surface area contributed by atoms with Gasteiger partial charge in [-0.05, 0) is 13.0 Å². The minimum atomic E-state index is -3.70. The molecule has 1 aromatic rings. The molecule has 4 N–H and O–H groups in total. The van der Waals surface area contributed by atoms with Crippen molar-refractivity contribution in [3.63, 3.8) is 0 Å². The van der Waals surface area contributed by atoms with Crippen molar-refractivity contribution >= 4 is 15.7 Å². The average Bonchev–Trinajstić information content (AvgIpc) is 1.92. The molecule has 0 unspecified atom stereocenters. The summed E-state index contributed by atoms with van der Waals surface area (Å²) in [5, 5.41) is 4.90. The van der Waals surface area contributed by atoms with E-state index in [1.54, 1.807) is 6.92 Å². The van der Waals surface area contributed by atoms with Gasteiger partial charge in [0, 0.05) is 0 Å². The van der Waals surface area contributed by atoms with Gasteiger partial charge in [0.05, 0.1) is 17.6 Å². The Kier molecular flexibility index (Phi) is 2.03. The van der Waals surface area contributed by atoms with E-state index < -0.39 is 10.0 Å². The molecular formula is C6H9N3O2S. The first-order valence-corrected chi connectivity index (χ1v) is 4.71. The number of rotatable bonds is 1. The molecule has 12 heavy (non-hydrogen) atoms. The first kappa shape index (κ1) is 8.95. The van der Waals surface area contributed by atoms with Gasteiger partial charge >= 0.3 is 0 Å². The molecule has 1 rings (SSSR count). The molecule has 0 saturated heterocycles. The Morgan fingerprint density at radius 2 is 2.08 bits per heavy atom. The number of anilines is 1. The van der Waals surface area contributed by atoms with E-state index in [0.717, 1.165) is 0 Å². The Bertz CT molecular complexity index is 399. The maximum Gasteiger partial charge on any atom is 0.239 e. The number of pyridine rings is 1. The van der Waals surface area contributed by atoms with Crippen LogP contribution < -0.4 is 10.9 Å². The van der Waals surface area contributed by atoms with Crippen LogP contribution in [-0.2, 0) is 10.0 Å². The molecule has 0 aliphatic carbocycles. The molecule has 1 aromatic heterocycles. The van der Waals surface area contributed by atoms with Crippen LogP contribution in [0, 0.1) is 6.92 Å². The Morgan fingerprint density at radius 1 is 1.50 bits per heavy atom. The van der Waals surface area contributed by atoms with Gasteiger partial charge < -0.3 is 5.73 Å². The summed E-state index contributed by atoms with van der Waals surface area (Å²) in [5.41, 5.74) is 5.98. The summed E-state index contributed by atoms with van der Waals surface area (Å²) in [5.74, 6) is 0. The quantitative estimate of drug-likeness (QED) is 0.626. The number of nitrogen functional groups attached to an aromatic ring is 1. The second kappa shape index (κ2) is 2.72. The number of aryl methyl sites for hydroxylation is 1. The van der Waals surface area contributed by atoms with Crippen LogP contribution in [0.15, 0.2) is 17.2 Å². The Morgan fingerprint density at radius 3 is 2.50 bits per heavy atom. The smallest absolute Gasteiger partial charge is 0.239 e. The average molecular weight is 187 g/mol. The largest absolute Gasteiger partial charge is 0.397 e. The molecule has 0 aliphatic heterocycles. The number of aromatic nitrogens is 1. The predicted octanol–water partition coefficient (Wildman–Crippen LogP) is -0.380. The number of hydrogen-bond acceptors (Lipinski definition) is 4. The highest BCUT2D eigenvalue weighted by Crippen LogP contribution is 2.13. The molecule has 0 bridgehead atoms. The zero-order valence-electron chi connectivity index (χ0n) is 6.48. The number of nitrogens with two attached hydrogens (primary N) is 2. The van der Waals surface area contributed by atoms with Gasteiger partial charge in [-0.25, -0.2) is 13.6 Å². The molecule has 1 heterocycles. The molecule has 6 heteroatoms. The van der Waals surface area contributed by atoms with Gasteiger partial charge in [0.25, 0.3) is 0 Å². The first-order valence-electron chi connectivity index (χ1n) is 3.16. The Hall–Kier alpha value is -1.14. The molecule has 0 aromatic carbocycles. The van der Waals surface area contributed by atoms with Crippen molar-refractivity contribution < 1.29 is 8.42 Å². The second-order valence-electron chi connectivity index (χ2n) is 2.40. The summed E-state index contributed by atoms with van der Waals surface area (Å²) in [6.45, 7) is 1.55. The van der Waals surface area contributed by atoms with Crippen molar-refractivity contribution in [1.82, 2.24) is 4.98 Å². The third-order valence-electron chi connectivity index (χ3n) is 1.37. The SMILES string of the molecule is Cc1ncc(N)cc1S(N)(=O)=O. The lowest BCUT2D eigenvalue weighted by Gasteiger charge is -2.02. The zero-order valence-corrected chi connectivity index (χ0v) is 7.30. The molecule has 0 saturated carbocycles. The fourth-order valence-corrected chi connectivity index (χ4v) is 1.58. The van der Waals surface area contributed by atoms with Gasteiger partial charge in [-0.3, -0.25) is 4.98 Å². The van der Waals surface area contributed by atoms with Gasteiger partial charge in [0.1, 0.15) is 4.90 Å². The fraction of sp³-hybridized carbons (Fsp3) is 0.167. The highest BCUT2D eigenvalue weighted by Gasteiger charge is 2.11. The standard InChI is InChI=1S/C6H9N3O2S/c1-4-6(12(8,10)11)2-5(7)3-9-4/h2-3H,7H2,1H3,(H2,8,10,11). The van der Waals surface area contributed by atoms with E-state index in [2.05, 4.69) is 4.98 Å². The summed E-state index contributed by atoms with van der Waals surface area (Å²) < 4.78 is 21.8. The third kappa shape index (κ3) is 1.72. The van der Waals surface area contributed by atoms with Crippen molar-refractivity contribution in [2.75, 3.05) is 5.73 Å². The lowest BCUT2D eigenvalue weighted by Crippen LogP contribution is -2.14. The minimum absolute atomic E-state index is 0.0255. The molecule has 66 valence electrons. The monoisotopic (exact) mass is 187 g/mol. The normalized spacial score (nSPS) is 11.5. The van der Waals surface area contributed by atoms with Crippen molar-refractivity contribution in [3.05, 3.63) is 18.0 Å². The van der Waals surface area contributed by atoms with Crippen LogP contribution in [0.2, 0.25) is 0 Å². The van der Waals surface area contributed by atoms with E-state index in [9.17, 15) is 8.42 Å². The lowest BCUT2D eigenvalue weighted by atomic mass is 10.3. The summed E-state index contributed by atoms with van der Waals surface area (Å²) in [7, 11) is -3.70. The molecular weight excluding hydrogens is 178 g/mol. The van der Waals surface area contributed by atoms with Gasteiger partial charge in [-0.2, -0.15) is 0 Å². The Labute approximate surface area is 70.5 Å². The van der Waals surface area contributed by atoms with Gasteiger partial charge in [-0.15, -0.1) is 0 Å². The van der Waals surface area contributed by atoms with Crippen molar-refractivity contribution in [3.8, 4) is 0 Å². The third-order valence-corrected chi connectivity index (χ3v) is 2.39. The number of sulfonamides is 1. The van der Waals surface area contributed by atoms with Crippen LogP contribution in [0.3, 0.4) is 0 Å². The van der Waals surface area contributed by atoms with Gasteiger partial charge in [0.2, 0.25) is 10.0 Å². The molecule has 0 aliphatic rings. The first-order chi connectivity index (χ1) is 5.41. The maximum absolute atomic E-state index is 10.9. The maximum atomic E-state index is 10.9. The number of nitrogens with zero attached hydrogens (tertiary/aromatic N) is 1. The minimum Gasteiger partial charge on any atom is -0.397 e. The molecule has 0 radical (unpaired) electrons. The van der Waals surface area contributed by atoms with Crippen LogP contribution in [0.5, 0.6) is 0 Å². The van der Waals surface area contributed by atoms with Crippen molar-refractivity contribution in [1.29, 1.82) is 0 Å². The lowest BCUT2D eigenvalue weighted by molar-refractivity contribution is 0.596. The second-order valence-corrected chi connectivity index (χ2v) is 3.93. The number of hydrogen-bond donors (Lipinski definition) is 2.